The summed E-state index contributed by atoms with van der Waals surface area (Å²) in [5.41, 5.74) is 0. The van der Waals surface area contributed by atoms with Gasteiger partial charge in [-0.15, -0.1) is 0 Å². The second kappa shape index (κ2) is 5.54. The van der Waals surface area contributed by atoms with Crippen LogP contribution < -0.4 is 16.0 Å². The second-order valence-electron chi connectivity index (χ2n) is 2.43. The third kappa shape index (κ3) is 3.92. The smallest absolute Gasteiger partial charge is 0.242 e. The van der Waals surface area contributed by atoms with Crippen LogP contribution >= 0.6 is 0 Å². The Hall–Kier alpha value is -1.10. The van der Waals surface area contributed by atoms with Gasteiger partial charge in [0.2, 0.25) is 11.8 Å². The van der Waals surface area contributed by atoms with E-state index in [1.807, 2.05) is 0 Å². The van der Waals surface area contributed by atoms with Crippen LogP contribution in [0, 0.1) is 0 Å². The van der Waals surface area contributed by atoms with E-state index in [4.69, 9.17) is 0 Å². The fraction of sp³-hybridized carbons (Fsp3) is 0.714. The largest absolute Gasteiger partial charge is 0.357 e. The first-order valence-electron chi connectivity index (χ1n) is 3.77. The van der Waals surface area contributed by atoms with E-state index in [1.165, 1.54) is 7.05 Å². The van der Waals surface area contributed by atoms with E-state index in [-0.39, 0.29) is 18.4 Å². The van der Waals surface area contributed by atoms with Crippen molar-refractivity contribution in [1.82, 2.24) is 16.0 Å². The normalized spacial score (nSPS) is 11.9. The number of carbonyl (C=O) groups is 2. The summed E-state index contributed by atoms with van der Waals surface area (Å²) in [6, 6.07) is -0.476. The fourth-order valence-corrected chi connectivity index (χ4v) is 0.735. The lowest BCUT2D eigenvalue weighted by Crippen LogP contribution is -2.46. The van der Waals surface area contributed by atoms with E-state index < -0.39 is 6.04 Å². The number of hydrogen-bond donors (Lipinski definition) is 3. The van der Waals surface area contributed by atoms with Crippen molar-refractivity contribution in [2.75, 3.05) is 20.6 Å². The van der Waals surface area contributed by atoms with Crippen molar-refractivity contribution < 1.29 is 9.59 Å². The van der Waals surface area contributed by atoms with E-state index in [2.05, 4.69) is 16.0 Å². The number of carbonyl (C=O) groups excluding carboxylic acids is 2. The average molecular weight is 173 g/mol. The summed E-state index contributed by atoms with van der Waals surface area (Å²) >= 11 is 0. The molecule has 1 atom stereocenters. The van der Waals surface area contributed by atoms with Gasteiger partial charge >= 0.3 is 0 Å². The Morgan fingerprint density at radius 3 is 2.33 bits per heavy atom. The Balaban J connectivity index is 3.75. The maximum atomic E-state index is 10.9. The monoisotopic (exact) mass is 173 g/mol. The summed E-state index contributed by atoms with van der Waals surface area (Å²) in [7, 11) is 3.20. The summed E-state index contributed by atoms with van der Waals surface area (Å²) < 4.78 is 0. The molecule has 0 unspecified atom stereocenters. The molecular weight excluding hydrogens is 158 g/mol. The van der Waals surface area contributed by atoms with E-state index in [1.54, 1.807) is 14.0 Å². The molecule has 0 rings (SSSR count). The van der Waals surface area contributed by atoms with Gasteiger partial charge in [0.05, 0.1) is 6.54 Å². The van der Waals surface area contributed by atoms with Gasteiger partial charge in [0.1, 0.15) is 6.04 Å². The zero-order valence-corrected chi connectivity index (χ0v) is 7.60. The second-order valence-corrected chi connectivity index (χ2v) is 2.43. The first kappa shape index (κ1) is 10.9. The fourth-order valence-electron chi connectivity index (χ4n) is 0.735. The van der Waals surface area contributed by atoms with Crippen LogP contribution in [0.25, 0.3) is 0 Å². The molecule has 0 aliphatic carbocycles. The highest BCUT2D eigenvalue weighted by Gasteiger charge is 2.12. The Morgan fingerprint density at radius 2 is 1.92 bits per heavy atom. The highest BCUT2D eigenvalue weighted by atomic mass is 16.2. The lowest BCUT2D eigenvalue weighted by atomic mass is 10.3. The van der Waals surface area contributed by atoms with Gasteiger partial charge in [0, 0.05) is 7.05 Å². The van der Waals surface area contributed by atoms with Crippen LogP contribution in [-0.2, 0) is 9.59 Å². The van der Waals surface area contributed by atoms with Crippen LogP contribution in [0.3, 0.4) is 0 Å². The summed E-state index contributed by atoms with van der Waals surface area (Å²) in [5.74, 6) is -0.381. The lowest BCUT2D eigenvalue weighted by Gasteiger charge is -2.11. The first-order chi connectivity index (χ1) is 5.61. The Bertz CT molecular complexity index is 170. The van der Waals surface area contributed by atoms with Crippen molar-refractivity contribution in [3.8, 4) is 0 Å². The highest BCUT2D eigenvalue weighted by molar-refractivity contribution is 5.87. The van der Waals surface area contributed by atoms with Gasteiger partial charge in [0.25, 0.3) is 0 Å². The molecular formula is C7H15N3O2. The van der Waals surface area contributed by atoms with Crippen LogP contribution in [0.1, 0.15) is 6.92 Å². The number of amides is 2. The minimum Gasteiger partial charge on any atom is -0.357 e. The zero-order valence-electron chi connectivity index (χ0n) is 7.60. The molecule has 0 spiro atoms. The molecule has 0 saturated carbocycles. The summed E-state index contributed by atoms with van der Waals surface area (Å²) in [6.07, 6.45) is 0. The molecule has 0 radical (unpaired) electrons. The summed E-state index contributed by atoms with van der Waals surface area (Å²) in [4.78, 5) is 21.8. The molecule has 0 aromatic carbocycles. The van der Waals surface area contributed by atoms with E-state index in [0.29, 0.717) is 0 Å². The molecule has 0 aromatic heterocycles. The van der Waals surface area contributed by atoms with E-state index in [0.717, 1.165) is 0 Å². The molecule has 5 heteroatoms. The Kier molecular flexibility index (Phi) is 5.03. The van der Waals surface area contributed by atoms with Crippen LogP contribution in [0.5, 0.6) is 0 Å². The topological polar surface area (TPSA) is 70.2 Å². The number of nitrogens with one attached hydrogen (secondary N) is 3. The number of rotatable bonds is 4. The summed E-state index contributed by atoms with van der Waals surface area (Å²) in [5, 5.41) is 7.64. The van der Waals surface area contributed by atoms with Crippen LogP contribution in [0.4, 0.5) is 0 Å². The molecule has 0 saturated heterocycles. The number of hydrogen-bond acceptors (Lipinski definition) is 3. The molecule has 0 aliphatic heterocycles. The van der Waals surface area contributed by atoms with Crippen LogP contribution in [0.15, 0.2) is 0 Å². The van der Waals surface area contributed by atoms with Gasteiger partial charge in [-0.05, 0) is 14.0 Å². The van der Waals surface area contributed by atoms with Crippen molar-refractivity contribution in [3.63, 3.8) is 0 Å². The molecule has 70 valence electrons. The minimum absolute atomic E-state index is 0.186. The maximum Gasteiger partial charge on any atom is 0.242 e. The predicted molar refractivity (Wildman–Crippen MR) is 45.6 cm³/mol. The summed E-state index contributed by atoms with van der Waals surface area (Å²) in [6.45, 7) is 1.85. The minimum atomic E-state index is -0.476. The quantitative estimate of drug-likeness (QED) is 0.482. The molecule has 5 nitrogen and oxygen atoms in total. The van der Waals surface area contributed by atoms with Crippen molar-refractivity contribution in [2.45, 2.75) is 13.0 Å². The Morgan fingerprint density at radius 1 is 1.33 bits per heavy atom. The Labute approximate surface area is 71.9 Å². The predicted octanol–water partition coefficient (Wildman–Crippen LogP) is -1.54. The SMILES string of the molecule is CNCC(=O)N[C@@H](C)C(=O)NC. The van der Waals surface area contributed by atoms with E-state index >= 15 is 0 Å². The first-order valence-corrected chi connectivity index (χ1v) is 3.77. The molecule has 0 aromatic rings. The standard InChI is InChI=1S/C7H15N3O2/c1-5(7(12)9-3)10-6(11)4-8-2/h5,8H,4H2,1-3H3,(H,9,12)(H,10,11)/t5-/m0/s1. The van der Waals surface area contributed by atoms with E-state index in [9.17, 15) is 9.59 Å². The van der Waals surface area contributed by atoms with Crippen LogP contribution in [-0.4, -0.2) is 38.5 Å². The van der Waals surface area contributed by atoms with Crippen molar-refractivity contribution in [2.24, 2.45) is 0 Å². The van der Waals surface area contributed by atoms with Crippen LogP contribution in [0.2, 0.25) is 0 Å². The number of likely N-dealkylation sites (N-methyl/N-ethyl adjacent to an activating group) is 2. The van der Waals surface area contributed by atoms with Gasteiger partial charge in [0.15, 0.2) is 0 Å². The molecule has 3 N–H and O–H groups in total. The zero-order chi connectivity index (χ0) is 9.56. The molecule has 0 bridgehead atoms. The third-order valence-electron chi connectivity index (χ3n) is 1.35. The van der Waals surface area contributed by atoms with Gasteiger partial charge in [-0.2, -0.15) is 0 Å². The average Bonchev–Trinajstić information content (AvgIpc) is 2.03. The molecule has 0 heterocycles. The molecule has 12 heavy (non-hydrogen) atoms. The van der Waals surface area contributed by atoms with Crippen molar-refractivity contribution in [3.05, 3.63) is 0 Å². The lowest BCUT2D eigenvalue weighted by molar-refractivity contribution is -0.127. The third-order valence-corrected chi connectivity index (χ3v) is 1.35. The van der Waals surface area contributed by atoms with Gasteiger partial charge in [-0.25, -0.2) is 0 Å². The molecule has 2 amide bonds. The van der Waals surface area contributed by atoms with Crippen molar-refractivity contribution >= 4 is 11.8 Å². The van der Waals surface area contributed by atoms with Gasteiger partial charge in [-0.1, -0.05) is 0 Å². The maximum absolute atomic E-state index is 10.9. The van der Waals surface area contributed by atoms with Gasteiger partial charge in [-0.3, -0.25) is 9.59 Å². The molecule has 0 fully saturated rings. The molecule has 0 aliphatic rings. The highest BCUT2D eigenvalue weighted by Crippen LogP contribution is 1.79. The van der Waals surface area contributed by atoms with Crippen molar-refractivity contribution in [1.29, 1.82) is 0 Å². The van der Waals surface area contributed by atoms with Gasteiger partial charge < -0.3 is 16.0 Å².